The molecule has 0 saturated heterocycles. The zero-order chi connectivity index (χ0) is 19.2. The quantitative estimate of drug-likeness (QED) is 0.734. The normalized spacial score (nSPS) is 15.6. The van der Waals surface area contributed by atoms with Gasteiger partial charge in [0, 0.05) is 7.05 Å². The molecule has 5 nitrogen and oxygen atoms in total. The molecule has 2 aromatic carbocycles. The second-order valence-electron chi connectivity index (χ2n) is 6.88. The van der Waals surface area contributed by atoms with E-state index in [2.05, 4.69) is 12.1 Å². The fraction of sp³-hybridized carbons (Fsp3) is 0.364. The number of carbonyl (C=O) groups excluding carboxylic acids is 2. The Bertz CT molecular complexity index is 817. The summed E-state index contributed by atoms with van der Waals surface area (Å²) in [6.45, 7) is 1.46. The predicted molar refractivity (Wildman–Crippen MR) is 103 cm³/mol. The maximum absolute atomic E-state index is 12.5. The van der Waals surface area contributed by atoms with Crippen LogP contribution in [0.4, 0.5) is 0 Å². The Morgan fingerprint density at radius 3 is 2.74 bits per heavy atom. The fourth-order valence-corrected chi connectivity index (χ4v) is 3.44. The first-order valence-electron chi connectivity index (χ1n) is 9.23. The summed E-state index contributed by atoms with van der Waals surface area (Å²) in [6.07, 6.45) is 3.01. The number of hydrogen-bond acceptors (Lipinski definition) is 4. The summed E-state index contributed by atoms with van der Waals surface area (Å²) in [5, 5.41) is 0. The monoisotopic (exact) mass is 367 g/mol. The third kappa shape index (κ3) is 4.88. The molecule has 0 N–H and O–H groups in total. The van der Waals surface area contributed by atoms with E-state index in [0.29, 0.717) is 5.75 Å². The van der Waals surface area contributed by atoms with Crippen molar-refractivity contribution in [3.8, 4) is 5.75 Å². The third-order valence-corrected chi connectivity index (χ3v) is 4.90. The average molecular weight is 367 g/mol. The van der Waals surface area contributed by atoms with Crippen molar-refractivity contribution in [1.82, 2.24) is 4.90 Å². The van der Waals surface area contributed by atoms with Crippen LogP contribution in [0.2, 0.25) is 0 Å². The Morgan fingerprint density at radius 1 is 1.11 bits per heavy atom. The van der Waals surface area contributed by atoms with E-state index in [1.165, 1.54) is 11.1 Å². The van der Waals surface area contributed by atoms with Crippen molar-refractivity contribution < 1.29 is 19.1 Å². The number of hydrogen-bond donors (Lipinski definition) is 0. The number of fused-ring (bicyclic) bond motifs is 1. The summed E-state index contributed by atoms with van der Waals surface area (Å²) in [5.41, 5.74) is 3.52. The number of likely N-dealkylation sites (N-methyl/N-ethyl adjacent to an activating group) is 1. The number of amides is 1. The number of ether oxygens (including phenoxy) is 2. The maximum Gasteiger partial charge on any atom is 0.344 e. The van der Waals surface area contributed by atoms with Gasteiger partial charge in [-0.3, -0.25) is 4.79 Å². The van der Waals surface area contributed by atoms with Gasteiger partial charge in [0.05, 0.1) is 6.04 Å². The van der Waals surface area contributed by atoms with Gasteiger partial charge in [-0.2, -0.15) is 0 Å². The first-order chi connectivity index (χ1) is 13.0. The van der Waals surface area contributed by atoms with Gasteiger partial charge < -0.3 is 14.4 Å². The number of esters is 1. The smallest absolute Gasteiger partial charge is 0.344 e. The molecule has 1 amide bonds. The van der Waals surface area contributed by atoms with Gasteiger partial charge in [-0.15, -0.1) is 0 Å². The summed E-state index contributed by atoms with van der Waals surface area (Å²) in [6, 6.07) is 15.7. The topological polar surface area (TPSA) is 55.8 Å². The van der Waals surface area contributed by atoms with Crippen LogP contribution in [0.1, 0.15) is 35.6 Å². The van der Waals surface area contributed by atoms with Crippen LogP contribution in [0.15, 0.2) is 48.5 Å². The lowest BCUT2D eigenvalue weighted by atomic mass is 9.87. The van der Waals surface area contributed by atoms with E-state index in [0.717, 1.165) is 24.8 Å². The summed E-state index contributed by atoms with van der Waals surface area (Å²) < 4.78 is 10.5. The van der Waals surface area contributed by atoms with Crippen molar-refractivity contribution in [2.24, 2.45) is 0 Å². The standard InChI is InChI=1S/C22H25NO4/c1-16-7-5-10-18(13-16)26-15-22(25)27-14-21(24)23(2)20-12-6-9-17-8-3-4-11-19(17)20/h3-5,7-8,10-11,13,20H,6,9,12,14-15H2,1-2H3. The number of benzene rings is 2. The lowest BCUT2D eigenvalue weighted by Crippen LogP contribution is -2.36. The molecule has 1 aliphatic carbocycles. The van der Waals surface area contributed by atoms with Crippen molar-refractivity contribution in [1.29, 1.82) is 0 Å². The number of rotatable bonds is 6. The summed E-state index contributed by atoms with van der Waals surface area (Å²) in [7, 11) is 1.77. The predicted octanol–water partition coefficient (Wildman–Crippen LogP) is 3.45. The van der Waals surface area contributed by atoms with Crippen molar-refractivity contribution in [2.45, 2.75) is 32.2 Å². The van der Waals surface area contributed by atoms with Crippen molar-refractivity contribution in [3.63, 3.8) is 0 Å². The van der Waals surface area contributed by atoms with E-state index < -0.39 is 5.97 Å². The molecule has 0 radical (unpaired) electrons. The van der Waals surface area contributed by atoms with E-state index in [1.807, 2.05) is 37.3 Å². The Kier molecular flexibility index (Phi) is 6.12. The minimum absolute atomic E-state index is 0.0321. The highest BCUT2D eigenvalue weighted by atomic mass is 16.6. The minimum Gasteiger partial charge on any atom is -0.482 e. The molecule has 0 fully saturated rings. The molecule has 0 aliphatic heterocycles. The Hall–Kier alpha value is -2.82. The van der Waals surface area contributed by atoms with Gasteiger partial charge in [0.15, 0.2) is 13.2 Å². The second kappa shape index (κ2) is 8.71. The lowest BCUT2D eigenvalue weighted by Gasteiger charge is -2.33. The molecule has 0 spiro atoms. The molecule has 0 aromatic heterocycles. The Labute approximate surface area is 159 Å². The van der Waals surface area contributed by atoms with Gasteiger partial charge in [-0.1, -0.05) is 36.4 Å². The first-order valence-corrected chi connectivity index (χ1v) is 9.23. The minimum atomic E-state index is -0.553. The van der Waals surface area contributed by atoms with Crippen molar-refractivity contribution >= 4 is 11.9 Å². The maximum atomic E-state index is 12.5. The van der Waals surface area contributed by atoms with Crippen LogP contribution in [-0.4, -0.2) is 37.0 Å². The van der Waals surface area contributed by atoms with E-state index in [-0.39, 0.29) is 25.2 Å². The van der Waals surface area contributed by atoms with Crippen LogP contribution in [-0.2, 0) is 20.7 Å². The third-order valence-electron chi connectivity index (χ3n) is 4.90. The molecule has 1 atom stereocenters. The Morgan fingerprint density at radius 2 is 1.93 bits per heavy atom. The number of nitrogens with zero attached hydrogens (tertiary/aromatic N) is 1. The fourth-order valence-electron chi connectivity index (χ4n) is 3.44. The molecule has 3 rings (SSSR count). The van der Waals surface area contributed by atoms with Crippen LogP contribution >= 0.6 is 0 Å². The molecule has 0 bridgehead atoms. The highest BCUT2D eigenvalue weighted by molar-refractivity contribution is 5.81. The lowest BCUT2D eigenvalue weighted by molar-refractivity contribution is -0.154. The van der Waals surface area contributed by atoms with E-state index in [9.17, 15) is 9.59 Å². The van der Waals surface area contributed by atoms with Gasteiger partial charge in [0.25, 0.3) is 5.91 Å². The van der Waals surface area contributed by atoms with Crippen molar-refractivity contribution in [3.05, 3.63) is 65.2 Å². The molecule has 0 saturated carbocycles. The number of carbonyl (C=O) groups is 2. The second-order valence-corrected chi connectivity index (χ2v) is 6.88. The van der Waals surface area contributed by atoms with Gasteiger partial charge in [0.2, 0.25) is 0 Å². The molecule has 2 aromatic rings. The summed E-state index contributed by atoms with van der Waals surface area (Å²) in [5.74, 6) is -0.155. The average Bonchev–Trinajstić information content (AvgIpc) is 2.69. The zero-order valence-electron chi connectivity index (χ0n) is 15.8. The van der Waals surface area contributed by atoms with Crippen LogP contribution < -0.4 is 4.74 Å². The van der Waals surface area contributed by atoms with E-state index >= 15 is 0 Å². The van der Waals surface area contributed by atoms with Crippen LogP contribution in [0.25, 0.3) is 0 Å². The highest BCUT2D eigenvalue weighted by Crippen LogP contribution is 2.33. The van der Waals surface area contributed by atoms with Gasteiger partial charge in [-0.05, 0) is 55.0 Å². The van der Waals surface area contributed by atoms with Gasteiger partial charge in [-0.25, -0.2) is 4.79 Å². The molecular weight excluding hydrogens is 342 g/mol. The van der Waals surface area contributed by atoms with Gasteiger partial charge >= 0.3 is 5.97 Å². The molecule has 142 valence electrons. The molecule has 1 unspecified atom stereocenters. The van der Waals surface area contributed by atoms with Gasteiger partial charge in [0.1, 0.15) is 5.75 Å². The molecule has 0 heterocycles. The molecule has 1 aliphatic rings. The van der Waals surface area contributed by atoms with Crippen molar-refractivity contribution in [2.75, 3.05) is 20.3 Å². The molecule has 27 heavy (non-hydrogen) atoms. The van der Waals surface area contributed by atoms with Crippen LogP contribution in [0, 0.1) is 6.92 Å². The molecular formula is C22H25NO4. The zero-order valence-corrected chi connectivity index (χ0v) is 15.8. The SMILES string of the molecule is Cc1cccc(OCC(=O)OCC(=O)N(C)C2CCCc3ccccc32)c1. The first kappa shape index (κ1) is 19.0. The number of aryl methyl sites for hydroxylation is 2. The Balaban J connectivity index is 1.49. The molecule has 5 heteroatoms. The van der Waals surface area contributed by atoms with E-state index in [4.69, 9.17) is 9.47 Å². The summed E-state index contributed by atoms with van der Waals surface area (Å²) >= 11 is 0. The largest absolute Gasteiger partial charge is 0.482 e. The van der Waals surface area contributed by atoms with Crippen LogP contribution in [0.3, 0.4) is 0 Å². The van der Waals surface area contributed by atoms with Crippen LogP contribution in [0.5, 0.6) is 5.75 Å². The summed E-state index contributed by atoms with van der Waals surface area (Å²) in [4.78, 5) is 26.1. The highest BCUT2D eigenvalue weighted by Gasteiger charge is 2.26. The van der Waals surface area contributed by atoms with E-state index in [1.54, 1.807) is 18.0 Å².